The maximum absolute atomic E-state index is 11.9. The third kappa shape index (κ3) is 43.5. The first kappa shape index (κ1) is 53.6. The van der Waals surface area contributed by atoms with Crippen LogP contribution in [0.15, 0.2) is 12.2 Å². The van der Waals surface area contributed by atoms with Gasteiger partial charge >= 0.3 is 127 Å². The summed E-state index contributed by atoms with van der Waals surface area (Å²) in [4.78, 5) is 47.4. The average Bonchev–Trinajstić information content (AvgIpc) is 3.03. The molecule has 0 aromatic carbocycles. The summed E-state index contributed by atoms with van der Waals surface area (Å²) in [5, 5.41) is 0. The number of unbranched alkanes of at least 4 members (excludes halogenated alkanes) is 28. The van der Waals surface area contributed by atoms with E-state index in [-0.39, 0.29) is 116 Å². The standard InChI is InChI=1S/C40H72O6.2K.2H/c1-3-5-7-9-11-13-15-17-19-21-23-25-27-29-31-33-37(41)45-39(43)35-36-40(44)46-38(42)34-32-30-28-26-24-22-20-18-16-14-12-10-8-6-4-2;;;;/h35-36H,3-34H2,1-2H3;;;;/b36-35+;;;;. The summed E-state index contributed by atoms with van der Waals surface area (Å²) in [6.07, 6.45) is 39.3. The molecule has 0 radical (unpaired) electrons. The molecule has 0 aliphatic heterocycles. The van der Waals surface area contributed by atoms with E-state index in [1.54, 1.807) is 0 Å². The van der Waals surface area contributed by atoms with Crippen LogP contribution in [0.25, 0.3) is 0 Å². The first-order chi connectivity index (χ1) is 22.5. The quantitative estimate of drug-likeness (QED) is 0.0216. The molecule has 0 aromatic heterocycles. The van der Waals surface area contributed by atoms with Crippen LogP contribution in [0.2, 0.25) is 0 Å². The van der Waals surface area contributed by atoms with Crippen LogP contribution in [0.4, 0.5) is 0 Å². The van der Waals surface area contributed by atoms with Gasteiger partial charge in [0.2, 0.25) is 0 Å². The van der Waals surface area contributed by atoms with E-state index in [1.165, 1.54) is 154 Å². The summed E-state index contributed by atoms with van der Waals surface area (Å²) in [7, 11) is 0. The van der Waals surface area contributed by atoms with Crippen molar-refractivity contribution in [1.82, 2.24) is 0 Å². The van der Waals surface area contributed by atoms with E-state index in [4.69, 9.17) is 9.47 Å². The van der Waals surface area contributed by atoms with Crippen LogP contribution in [0.1, 0.15) is 219 Å². The molecular weight excluding hydrogens is 655 g/mol. The van der Waals surface area contributed by atoms with Crippen molar-refractivity contribution in [2.75, 3.05) is 0 Å². The fraction of sp³-hybridized carbons (Fsp3) is 0.850. The van der Waals surface area contributed by atoms with E-state index in [2.05, 4.69) is 13.8 Å². The molecule has 0 N–H and O–H groups in total. The van der Waals surface area contributed by atoms with E-state index in [9.17, 15) is 19.2 Å². The second-order valence-electron chi connectivity index (χ2n) is 13.3. The van der Waals surface area contributed by atoms with Gasteiger partial charge in [0.1, 0.15) is 0 Å². The predicted octanol–water partition coefficient (Wildman–Crippen LogP) is 10.9. The summed E-state index contributed by atoms with van der Waals surface area (Å²) in [5.74, 6) is -3.03. The zero-order valence-corrected chi connectivity index (χ0v) is 30.2. The van der Waals surface area contributed by atoms with Crippen molar-refractivity contribution < 1.29 is 28.7 Å². The number of hydrogen-bond acceptors (Lipinski definition) is 6. The van der Waals surface area contributed by atoms with Gasteiger partial charge in [0.25, 0.3) is 0 Å². The predicted molar refractivity (Wildman–Crippen MR) is 205 cm³/mol. The molecular formula is C40H74K2O6. The van der Waals surface area contributed by atoms with Gasteiger partial charge in [-0.05, 0) is 12.8 Å². The molecule has 0 aliphatic rings. The minimum atomic E-state index is -0.919. The third-order valence-corrected chi connectivity index (χ3v) is 8.75. The second kappa shape index (κ2) is 44.5. The molecule has 0 aliphatic carbocycles. The third-order valence-electron chi connectivity index (χ3n) is 8.75. The fourth-order valence-corrected chi connectivity index (χ4v) is 5.81. The summed E-state index contributed by atoms with van der Waals surface area (Å²) in [6.45, 7) is 4.51. The molecule has 0 heterocycles. The molecule has 0 spiro atoms. The zero-order valence-electron chi connectivity index (χ0n) is 30.2. The Morgan fingerprint density at radius 1 is 0.333 bits per heavy atom. The van der Waals surface area contributed by atoms with Crippen molar-refractivity contribution in [2.24, 2.45) is 0 Å². The van der Waals surface area contributed by atoms with Gasteiger partial charge in [0.15, 0.2) is 0 Å². The zero-order chi connectivity index (χ0) is 33.8. The molecule has 0 saturated heterocycles. The van der Waals surface area contributed by atoms with E-state index >= 15 is 0 Å². The molecule has 0 aromatic rings. The Bertz CT molecular complexity index is 709. The first-order valence-corrected chi connectivity index (χ1v) is 19.7. The van der Waals surface area contributed by atoms with Gasteiger partial charge in [-0.25, -0.2) is 9.59 Å². The number of esters is 4. The van der Waals surface area contributed by atoms with Crippen molar-refractivity contribution in [3.8, 4) is 0 Å². The number of carbonyl (C=O) groups is 4. The van der Waals surface area contributed by atoms with Gasteiger partial charge in [-0.2, -0.15) is 0 Å². The topological polar surface area (TPSA) is 86.7 Å². The summed E-state index contributed by atoms with van der Waals surface area (Å²) >= 11 is 0. The SMILES string of the molecule is CCCCCCCCCCCCCCCCCC(=O)OC(=O)/C=C/C(=O)OC(=O)CCCCCCCCCCCCCCCCC.[KH].[KH]. The van der Waals surface area contributed by atoms with Crippen LogP contribution >= 0.6 is 0 Å². The molecule has 0 fully saturated rings. The van der Waals surface area contributed by atoms with Crippen molar-refractivity contribution in [3.05, 3.63) is 12.2 Å². The van der Waals surface area contributed by atoms with Gasteiger partial charge < -0.3 is 9.47 Å². The molecule has 0 unspecified atom stereocenters. The number of hydrogen-bond donors (Lipinski definition) is 0. The van der Waals surface area contributed by atoms with Crippen LogP contribution < -0.4 is 0 Å². The van der Waals surface area contributed by atoms with Crippen molar-refractivity contribution >= 4 is 127 Å². The van der Waals surface area contributed by atoms with E-state index < -0.39 is 23.9 Å². The summed E-state index contributed by atoms with van der Waals surface area (Å²) in [6, 6.07) is 0. The molecule has 0 saturated carbocycles. The van der Waals surface area contributed by atoms with Crippen LogP contribution in [0.3, 0.4) is 0 Å². The molecule has 0 atom stereocenters. The Hall–Kier alpha value is 1.29. The van der Waals surface area contributed by atoms with E-state index in [0.717, 1.165) is 37.8 Å². The Morgan fingerprint density at radius 2 is 0.521 bits per heavy atom. The van der Waals surface area contributed by atoms with Crippen LogP contribution in [-0.4, -0.2) is 127 Å². The molecule has 272 valence electrons. The van der Waals surface area contributed by atoms with E-state index in [1.807, 2.05) is 0 Å². The van der Waals surface area contributed by atoms with E-state index in [0.29, 0.717) is 12.8 Å². The van der Waals surface area contributed by atoms with Gasteiger partial charge in [0.05, 0.1) is 0 Å². The van der Waals surface area contributed by atoms with Gasteiger partial charge in [-0.3, -0.25) is 9.59 Å². The number of rotatable bonds is 34. The second-order valence-corrected chi connectivity index (χ2v) is 13.3. The summed E-state index contributed by atoms with van der Waals surface area (Å²) in [5.41, 5.74) is 0. The Labute approximate surface area is 381 Å². The Morgan fingerprint density at radius 3 is 0.729 bits per heavy atom. The monoisotopic (exact) mass is 728 g/mol. The number of carbonyl (C=O) groups excluding carboxylic acids is 4. The molecule has 0 amide bonds. The van der Waals surface area contributed by atoms with Gasteiger partial charge in [0, 0.05) is 25.0 Å². The minimum absolute atomic E-state index is 0. The van der Waals surface area contributed by atoms with Crippen molar-refractivity contribution in [2.45, 2.75) is 219 Å². The normalized spacial score (nSPS) is 10.8. The molecule has 0 rings (SSSR count). The van der Waals surface area contributed by atoms with Crippen LogP contribution in [-0.2, 0) is 28.7 Å². The molecule has 48 heavy (non-hydrogen) atoms. The maximum atomic E-state index is 11.9. The van der Waals surface area contributed by atoms with Crippen molar-refractivity contribution in [3.63, 3.8) is 0 Å². The van der Waals surface area contributed by atoms with Crippen LogP contribution in [0, 0.1) is 0 Å². The average molecular weight is 729 g/mol. The molecule has 0 bridgehead atoms. The molecule has 8 heteroatoms. The fourth-order valence-electron chi connectivity index (χ4n) is 5.81. The first-order valence-electron chi connectivity index (χ1n) is 19.7. The Balaban J connectivity index is -0.0000101. The van der Waals surface area contributed by atoms with Gasteiger partial charge in [-0.15, -0.1) is 0 Å². The summed E-state index contributed by atoms with van der Waals surface area (Å²) < 4.78 is 9.46. The van der Waals surface area contributed by atoms with Crippen LogP contribution in [0.5, 0.6) is 0 Å². The Kier molecular flexibility index (Phi) is 49.7. The van der Waals surface area contributed by atoms with Crippen molar-refractivity contribution in [1.29, 1.82) is 0 Å². The molecule has 6 nitrogen and oxygen atoms in total. The van der Waals surface area contributed by atoms with Gasteiger partial charge in [-0.1, -0.05) is 194 Å². The number of ether oxygens (including phenoxy) is 2.